The minimum Gasteiger partial charge on any atom is -0.396 e. The van der Waals surface area contributed by atoms with E-state index >= 15 is 0 Å². The van der Waals surface area contributed by atoms with Crippen LogP contribution in [0.4, 0.5) is 0 Å². The highest BCUT2D eigenvalue weighted by Gasteiger charge is 2.34. The average molecular weight is 162 g/mol. The Bertz CT molecular complexity index is 131. The molecule has 1 saturated heterocycles. The van der Waals surface area contributed by atoms with Gasteiger partial charge in [-0.2, -0.15) is 0 Å². The highest BCUT2D eigenvalue weighted by atomic mass is 16.3. The molecular weight excluding hydrogens is 148 g/mol. The third kappa shape index (κ3) is 1.69. The summed E-state index contributed by atoms with van der Waals surface area (Å²) in [6, 6.07) is 0. The van der Waals surface area contributed by atoms with Crippen LogP contribution in [-0.2, 0) is 0 Å². The zero-order valence-electron chi connectivity index (χ0n) is 6.14. The maximum absolute atomic E-state index is 9.28. The standard InChI is InChI=1S/C6H14N2O3/c7-6-5(11)4(10)3(2-9)1-8-6/h3-6,8-11H,1-2,7H2/t3-,4+,5+,6+/m1/s1. The predicted octanol–water partition coefficient (Wildman–Crippen LogP) is -2.80. The minimum absolute atomic E-state index is 0.141. The molecule has 66 valence electrons. The number of hydrogen-bond donors (Lipinski definition) is 5. The molecule has 0 spiro atoms. The molecule has 6 N–H and O–H groups in total. The van der Waals surface area contributed by atoms with Crippen LogP contribution in [0.2, 0.25) is 0 Å². The lowest BCUT2D eigenvalue weighted by atomic mass is 9.93. The molecular formula is C6H14N2O3. The zero-order valence-corrected chi connectivity index (χ0v) is 6.14. The van der Waals surface area contributed by atoms with Crippen molar-refractivity contribution in [3.05, 3.63) is 0 Å². The highest BCUT2D eigenvalue weighted by molar-refractivity contribution is 4.88. The van der Waals surface area contributed by atoms with Crippen LogP contribution in [-0.4, -0.2) is 46.8 Å². The molecule has 1 fully saturated rings. The first-order valence-electron chi connectivity index (χ1n) is 3.62. The predicted molar refractivity (Wildman–Crippen MR) is 38.6 cm³/mol. The number of rotatable bonds is 1. The van der Waals surface area contributed by atoms with Crippen molar-refractivity contribution in [3.8, 4) is 0 Å². The summed E-state index contributed by atoms with van der Waals surface area (Å²) < 4.78 is 0. The quantitative estimate of drug-likeness (QED) is 0.287. The summed E-state index contributed by atoms with van der Waals surface area (Å²) in [5, 5.41) is 30.0. The second kappa shape index (κ2) is 3.46. The van der Waals surface area contributed by atoms with Crippen molar-refractivity contribution < 1.29 is 15.3 Å². The van der Waals surface area contributed by atoms with Crippen LogP contribution in [0.5, 0.6) is 0 Å². The molecule has 0 aliphatic carbocycles. The molecule has 0 amide bonds. The molecule has 0 aromatic rings. The van der Waals surface area contributed by atoms with Gasteiger partial charge in [0.05, 0.1) is 12.3 Å². The molecule has 1 aliphatic heterocycles. The van der Waals surface area contributed by atoms with Gasteiger partial charge in [-0.1, -0.05) is 0 Å². The lowest BCUT2D eigenvalue weighted by Gasteiger charge is -2.35. The highest BCUT2D eigenvalue weighted by Crippen LogP contribution is 2.12. The molecule has 0 aromatic carbocycles. The van der Waals surface area contributed by atoms with Crippen molar-refractivity contribution in [2.75, 3.05) is 13.2 Å². The molecule has 4 atom stereocenters. The number of aliphatic hydroxyl groups excluding tert-OH is 3. The Hall–Kier alpha value is -0.200. The summed E-state index contributed by atoms with van der Waals surface area (Å²) in [4.78, 5) is 0. The van der Waals surface area contributed by atoms with E-state index in [1.54, 1.807) is 0 Å². The van der Waals surface area contributed by atoms with Crippen LogP contribution in [0.15, 0.2) is 0 Å². The van der Waals surface area contributed by atoms with Gasteiger partial charge in [0.2, 0.25) is 0 Å². The van der Waals surface area contributed by atoms with Gasteiger partial charge in [0, 0.05) is 19.1 Å². The van der Waals surface area contributed by atoms with E-state index in [0.717, 1.165) is 0 Å². The molecule has 0 unspecified atom stereocenters. The zero-order chi connectivity index (χ0) is 8.43. The summed E-state index contributed by atoms with van der Waals surface area (Å²) in [5.41, 5.74) is 5.38. The van der Waals surface area contributed by atoms with Crippen LogP contribution in [0.1, 0.15) is 0 Å². The van der Waals surface area contributed by atoms with Crippen LogP contribution >= 0.6 is 0 Å². The Morgan fingerprint density at radius 1 is 1.36 bits per heavy atom. The second-order valence-electron chi connectivity index (χ2n) is 2.86. The molecule has 0 radical (unpaired) electrons. The molecule has 1 aliphatic rings. The van der Waals surface area contributed by atoms with Crippen molar-refractivity contribution in [1.29, 1.82) is 0 Å². The van der Waals surface area contributed by atoms with Gasteiger partial charge in [0.1, 0.15) is 6.10 Å². The SMILES string of the molecule is N[C@H]1NC[C@H](CO)[C@H](O)[C@@H]1O. The van der Waals surface area contributed by atoms with E-state index < -0.39 is 18.4 Å². The number of aliphatic hydroxyl groups is 3. The molecule has 1 heterocycles. The third-order valence-electron chi connectivity index (χ3n) is 2.05. The van der Waals surface area contributed by atoms with Gasteiger partial charge in [0.15, 0.2) is 0 Å². The van der Waals surface area contributed by atoms with E-state index in [-0.39, 0.29) is 12.5 Å². The van der Waals surface area contributed by atoms with Crippen molar-refractivity contribution in [2.45, 2.75) is 18.4 Å². The van der Waals surface area contributed by atoms with Crippen molar-refractivity contribution in [1.82, 2.24) is 5.32 Å². The number of nitrogens with two attached hydrogens (primary N) is 1. The van der Waals surface area contributed by atoms with Crippen LogP contribution in [0.25, 0.3) is 0 Å². The Kier molecular flexibility index (Phi) is 2.80. The minimum atomic E-state index is -0.985. The topological polar surface area (TPSA) is 98.7 Å². The number of piperidine rings is 1. The lowest BCUT2D eigenvalue weighted by Crippen LogP contribution is -2.61. The smallest absolute Gasteiger partial charge is 0.108 e. The summed E-state index contributed by atoms with van der Waals surface area (Å²) in [6.45, 7) is 0.299. The monoisotopic (exact) mass is 162 g/mol. The Balaban J connectivity index is 2.52. The van der Waals surface area contributed by atoms with Crippen molar-refractivity contribution >= 4 is 0 Å². The fourth-order valence-electron chi connectivity index (χ4n) is 1.19. The normalized spacial score (nSPS) is 45.8. The first-order chi connectivity index (χ1) is 5.16. The van der Waals surface area contributed by atoms with Gasteiger partial charge in [-0.15, -0.1) is 0 Å². The molecule has 0 bridgehead atoms. The van der Waals surface area contributed by atoms with Crippen molar-refractivity contribution in [2.24, 2.45) is 11.7 Å². The van der Waals surface area contributed by atoms with E-state index in [0.29, 0.717) is 6.54 Å². The molecule has 5 heteroatoms. The van der Waals surface area contributed by atoms with E-state index in [4.69, 9.17) is 10.8 Å². The average Bonchev–Trinajstić information content (AvgIpc) is 2.01. The maximum atomic E-state index is 9.28. The number of nitrogens with one attached hydrogen (secondary N) is 1. The van der Waals surface area contributed by atoms with E-state index in [9.17, 15) is 10.2 Å². The van der Waals surface area contributed by atoms with Gasteiger partial charge in [-0.3, -0.25) is 5.32 Å². The van der Waals surface area contributed by atoms with Gasteiger partial charge in [0.25, 0.3) is 0 Å². The Morgan fingerprint density at radius 3 is 2.55 bits per heavy atom. The van der Waals surface area contributed by atoms with E-state index in [1.165, 1.54) is 0 Å². The van der Waals surface area contributed by atoms with Crippen molar-refractivity contribution in [3.63, 3.8) is 0 Å². The molecule has 11 heavy (non-hydrogen) atoms. The van der Waals surface area contributed by atoms with Crippen LogP contribution < -0.4 is 11.1 Å². The maximum Gasteiger partial charge on any atom is 0.108 e. The van der Waals surface area contributed by atoms with Crippen LogP contribution in [0, 0.1) is 5.92 Å². The fraction of sp³-hybridized carbons (Fsp3) is 1.00. The molecule has 1 rings (SSSR count). The Labute approximate surface area is 64.8 Å². The summed E-state index contributed by atoms with van der Waals surface area (Å²) in [7, 11) is 0. The largest absolute Gasteiger partial charge is 0.396 e. The Morgan fingerprint density at radius 2 is 2.00 bits per heavy atom. The van der Waals surface area contributed by atoms with Gasteiger partial charge >= 0.3 is 0 Å². The summed E-state index contributed by atoms with van der Waals surface area (Å²) >= 11 is 0. The first-order valence-corrected chi connectivity index (χ1v) is 3.62. The van der Waals surface area contributed by atoms with Gasteiger partial charge in [-0.05, 0) is 0 Å². The molecule has 5 nitrogen and oxygen atoms in total. The fourth-order valence-corrected chi connectivity index (χ4v) is 1.19. The lowest BCUT2D eigenvalue weighted by molar-refractivity contribution is -0.0697. The van der Waals surface area contributed by atoms with E-state index in [1.807, 2.05) is 0 Å². The number of hydrogen-bond acceptors (Lipinski definition) is 5. The summed E-state index contributed by atoms with van der Waals surface area (Å²) in [5.74, 6) is -0.315. The van der Waals surface area contributed by atoms with Gasteiger partial charge < -0.3 is 21.1 Å². The summed E-state index contributed by atoms with van der Waals surface area (Å²) in [6.07, 6.45) is -2.50. The first kappa shape index (κ1) is 8.89. The second-order valence-corrected chi connectivity index (χ2v) is 2.86. The van der Waals surface area contributed by atoms with Crippen LogP contribution in [0.3, 0.4) is 0 Å². The van der Waals surface area contributed by atoms with Gasteiger partial charge in [-0.25, -0.2) is 0 Å². The molecule has 0 aromatic heterocycles. The molecule has 0 saturated carbocycles. The third-order valence-corrected chi connectivity index (χ3v) is 2.05. The van der Waals surface area contributed by atoms with E-state index in [2.05, 4.69) is 5.32 Å².